The zero-order valence-electron chi connectivity index (χ0n) is 14.6. The third-order valence-corrected chi connectivity index (χ3v) is 5.67. The minimum absolute atomic E-state index is 0.0887. The van der Waals surface area contributed by atoms with Crippen LogP contribution in [0.25, 0.3) is 0 Å². The predicted molar refractivity (Wildman–Crippen MR) is 104 cm³/mol. The Morgan fingerprint density at radius 1 is 1.15 bits per heavy atom. The molecule has 0 saturated heterocycles. The quantitative estimate of drug-likeness (QED) is 0.583. The molecule has 0 spiro atoms. The van der Waals surface area contributed by atoms with Crippen molar-refractivity contribution in [3.8, 4) is 0 Å². The SMILES string of the molecule is Cn1c(CNC(=O)CSc2ccccn2)nnc1SCc1ccc(F)cc1. The first kappa shape index (κ1) is 19.4. The van der Waals surface area contributed by atoms with E-state index in [1.165, 1.54) is 35.7 Å². The van der Waals surface area contributed by atoms with Crippen LogP contribution in [0, 0.1) is 5.82 Å². The summed E-state index contributed by atoms with van der Waals surface area (Å²) in [7, 11) is 1.86. The van der Waals surface area contributed by atoms with E-state index in [0.29, 0.717) is 23.9 Å². The van der Waals surface area contributed by atoms with Gasteiger partial charge < -0.3 is 9.88 Å². The Bertz CT molecular complexity index is 887. The summed E-state index contributed by atoms with van der Waals surface area (Å²) in [4.78, 5) is 16.2. The fourth-order valence-electron chi connectivity index (χ4n) is 2.15. The number of nitrogens with zero attached hydrogens (tertiary/aromatic N) is 4. The van der Waals surface area contributed by atoms with E-state index < -0.39 is 0 Å². The number of carbonyl (C=O) groups excluding carboxylic acids is 1. The molecule has 1 amide bonds. The number of halogens is 1. The average Bonchev–Trinajstić information content (AvgIpc) is 3.05. The molecule has 3 rings (SSSR count). The summed E-state index contributed by atoms with van der Waals surface area (Å²) in [6.45, 7) is 0.308. The largest absolute Gasteiger partial charge is 0.348 e. The lowest BCUT2D eigenvalue weighted by molar-refractivity contribution is -0.118. The van der Waals surface area contributed by atoms with E-state index in [1.807, 2.05) is 29.8 Å². The first-order chi connectivity index (χ1) is 13.1. The van der Waals surface area contributed by atoms with E-state index in [0.717, 1.165) is 15.7 Å². The molecule has 0 saturated carbocycles. The zero-order valence-corrected chi connectivity index (χ0v) is 16.3. The molecule has 1 N–H and O–H groups in total. The van der Waals surface area contributed by atoms with Gasteiger partial charge in [-0.3, -0.25) is 4.79 Å². The molecular weight excluding hydrogens is 385 g/mol. The van der Waals surface area contributed by atoms with Crippen LogP contribution in [-0.4, -0.2) is 31.4 Å². The van der Waals surface area contributed by atoms with Crippen molar-refractivity contribution in [3.63, 3.8) is 0 Å². The van der Waals surface area contributed by atoms with E-state index in [1.54, 1.807) is 18.3 Å². The van der Waals surface area contributed by atoms with Gasteiger partial charge in [0.2, 0.25) is 5.91 Å². The van der Waals surface area contributed by atoms with Crippen molar-refractivity contribution < 1.29 is 9.18 Å². The second-order valence-electron chi connectivity index (χ2n) is 5.61. The smallest absolute Gasteiger partial charge is 0.230 e. The Hall–Kier alpha value is -2.39. The van der Waals surface area contributed by atoms with Crippen molar-refractivity contribution in [1.82, 2.24) is 25.1 Å². The molecule has 0 bridgehead atoms. The number of hydrogen-bond acceptors (Lipinski definition) is 6. The Labute approximate surface area is 165 Å². The highest BCUT2D eigenvalue weighted by Crippen LogP contribution is 2.21. The lowest BCUT2D eigenvalue weighted by Crippen LogP contribution is -2.26. The molecule has 140 valence electrons. The van der Waals surface area contributed by atoms with Crippen molar-refractivity contribution in [2.75, 3.05) is 5.75 Å². The summed E-state index contributed by atoms with van der Waals surface area (Å²) >= 11 is 2.89. The van der Waals surface area contributed by atoms with Crippen LogP contribution >= 0.6 is 23.5 Å². The topological polar surface area (TPSA) is 72.7 Å². The van der Waals surface area contributed by atoms with Gasteiger partial charge in [-0.25, -0.2) is 9.37 Å². The molecule has 2 heterocycles. The number of amides is 1. The van der Waals surface area contributed by atoms with Gasteiger partial charge in [0.05, 0.1) is 17.3 Å². The first-order valence-electron chi connectivity index (χ1n) is 8.18. The van der Waals surface area contributed by atoms with Crippen LogP contribution in [0.2, 0.25) is 0 Å². The molecule has 6 nitrogen and oxygen atoms in total. The van der Waals surface area contributed by atoms with Crippen LogP contribution in [0.15, 0.2) is 58.8 Å². The fraction of sp³-hybridized carbons (Fsp3) is 0.222. The molecule has 0 aliphatic heterocycles. The van der Waals surface area contributed by atoms with Crippen molar-refractivity contribution in [2.24, 2.45) is 7.05 Å². The molecule has 9 heteroatoms. The Morgan fingerprint density at radius 3 is 2.70 bits per heavy atom. The molecular formula is C18H18FN5OS2. The van der Waals surface area contributed by atoms with Crippen LogP contribution in [-0.2, 0) is 24.1 Å². The van der Waals surface area contributed by atoms with Crippen LogP contribution in [0.3, 0.4) is 0 Å². The maximum atomic E-state index is 12.9. The van der Waals surface area contributed by atoms with Crippen molar-refractivity contribution in [3.05, 3.63) is 65.9 Å². The van der Waals surface area contributed by atoms with Crippen molar-refractivity contribution >= 4 is 29.4 Å². The van der Waals surface area contributed by atoms with Gasteiger partial charge in [-0.15, -0.1) is 10.2 Å². The standard InChI is InChI=1S/C18H18FN5OS2/c1-24-15(10-21-16(25)12-26-17-4-2-3-9-20-17)22-23-18(24)27-11-13-5-7-14(19)8-6-13/h2-9H,10-12H2,1H3,(H,21,25). The van der Waals surface area contributed by atoms with Gasteiger partial charge >= 0.3 is 0 Å². The number of aromatic nitrogens is 4. The zero-order chi connectivity index (χ0) is 19.1. The summed E-state index contributed by atoms with van der Waals surface area (Å²) in [5.41, 5.74) is 1.01. The fourth-order valence-corrected chi connectivity index (χ4v) is 3.73. The minimum atomic E-state index is -0.248. The molecule has 1 aromatic carbocycles. The van der Waals surface area contributed by atoms with Gasteiger partial charge in [0.25, 0.3) is 0 Å². The normalized spacial score (nSPS) is 10.7. The maximum absolute atomic E-state index is 12.9. The first-order valence-corrected chi connectivity index (χ1v) is 10.1. The monoisotopic (exact) mass is 403 g/mol. The third-order valence-electron chi connectivity index (χ3n) is 3.64. The molecule has 3 aromatic rings. The summed E-state index contributed by atoms with van der Waals surface area (Å²) in [5.74, 6) is 1.30. The predicted octanol–water partition coefficient (Wildman–Crippen LogP) is 3.05. The highest BCUT2D eigenvalue weighted by molar-refractivity contribution is 7.99. The third kappa shape index (κ3) is 5.80. The van der Waals surface area contributed by atoms with Gasteiger partial charge in [0.1, 0.15) is 5.82 Å². The summed E-state index contributed by atoms with van der Waals surface area (Å²) in [6, 6.07) is 12.0. The van der Waals surface area contributed by atoms with E-state index >= 15 is 0 Å². The molecule has 0 aliphatic carbocycles. The van der Waals surface area contributed by atoms with Gasteiger partial charge in [-0.05, 0) is 29.8 Å². The number of nitrogens with one attached hydrogen (secondary N) is 1. The lowest BCUT2D eigenvalue weighted by atomic mass is 10.2. The van der Waals surface area contributed by atoms with E-state index in [2.05, 4.69) is 20.5 Å². The van der Waals surface area contributed by atoms with Gasteiger partial charge in [-0.2, -0.15) is 0 Å². The lowest BCUT2D eigenvalue weighted by Gasteiger charge is -2.06. The molecule has 27 heavy (non-hydrogen) atoms. The number of thioether (sulfide) groups is 2. The van der Waals surface area contributed by atoms with Crippen LogP contribution < -0.4 is 5.32 Å². The van der Waals surface area contributed by atoms with Crippen LogP contribution in [0.1, 0.15) is 11.4 Å². The van der Waals surface area contributed by atoms with E-state index in [9.17, 15) is 9.18 Å². The molecule has 0 fully saturated rings. The number of rotatable bonds is 8. The second kappa shape index (κ2) is 9.52. The van der Waals surface area contributed by atoms with E-state index in [-0.39, 0.29) is 11.7 Å². The average molecular weight is 404 g/mol. The molecule has 0 atom stereocenters. The Balaban J connectivity index is 1.46. The van der Waals surface area contributed by atoms with E-state index in [4.69, 9.17) is 0 Å². The minimum Gasteiger partial charge on any atom is -0.348 e. The maximum Gasteiger partial charge on any atom is 0.230 e. The molecule has 0 radical (unpaired) electrons. The van der Waals surface area contributed by atoms with Crippen molar-refractivity contribution in [2.45, 2.75) is 22.5 Å². The molecule has 2 aromatic heterocycles. The number of benzene rings is 1. The highest BCUT2D eigenvalue weighted by atomic mass is 32.2. The van der Waals surface area contributed by atoms with Crippen LogP contribution in [0.5, 0.6) is 0 Å². The summed E-state index contributed by atoms with van der Waals surface area (Å²) in [5, 5.41) is 12.7. The second-order valence-corrected chi connectivity index (χ2v) is 7.54. The van der Waals surface area contributed by atoms with Crippen molar-refractivity contribution in [1.29, 1.82) is 0 Å². The highest BCUT2D eigenvalue weighted by Gasteiger charge is 2.11. The van der Waals surface area contributed by atoms with Gasteiger partial charge in [0.15, 0.2) is 11.0 Å². The van der Waals surface area contributed by atoms with Gasteiger partial charge in [-0.1, -0.05) is 41.7 Å². The summed E-state index contributed by atoms with van der Waals surface area (Å²) < 4.78 is 14.8. The number of pyridine rings is 1. The van der Waals surface area contributed by atoms with Crippen LogP contribution in [0.4, 0.5) is 4.39 Å². The number of carbonyl (C=O) groups is 1. The Morgan fingerprint density at radius 2 is 1.96 bits per heavy atom. The van der Waals surface area contributed by atoms with Gasteiger partial charge in [0, 0.05) is 19.0 Å². The molecule has 0 unspecified atom stereocenters. The Kier molecular flexibility index (Phi) is 6.83. The summed E-state index contributed by atoms with van der Waals surface area (Å²) in [6.07, 6.45) is 1.70. The molecule has 0 aliphatic rings. The number of hydrogen-bond donors (Lipinski definition) is 1.